The molecule has 3 nitrogen and oxygen atoms in total. The van der Waals surface area contributed by atoms with Crippen molar-refractivity contribution in [3.05, 3.63) is 0 Å². The zero-order chi connectivity index (χ0) is 7.40. The maximum atomic E-state index is 10.6. The van der Waals surface area contributed by atoms with E-state index >= 15 is 0 Å². The summed E-state index contributed by atoms with van der Waals surface area (Å²) in [6.45, 7) is 4.21. The average molecular weight is 142 g/mol. The molecule has 58 valence electrons. The van der Waals surface area contributed by atoms with Crippen molar-refractivity contribution in [1.82, 2.24) is 10.4 Å². The Balaban J connectivity index is 2.19. The summed E-state index contributed by atoms with van der Waals surface area (Å²) < 4.78 is 0. The molecule has 0 aromatic rings. The fourth-order valence-corrected chi connectivity index (χ4v) is 1.15. The van der Waals surface area contributed by atoms with E-state index in [9.17, 15) is 4.79 Å². The van der Waals surface area contributed by atoms with Crippen LogP contribution in [-0.4, -0.2) is 30.4 Å². The summed E-state index contributed by atoms with van der Waals surface area (Å²) >= 11 is 0. The monoisotopic (exact) mass is 142 g/mol. The summed E-state index contributed by atoms with van der Waals surface area (Å²) in [5.41, 5.74) is 3.16. The van der Waals surface area contributed by atoms with Gasteiger partial charge in [-0.15, -0.1) is 0 Å². The van der Waals surface area contributed by atoms with Crippen molar-refractivity contribution in [2.45, 2.75) is 19.8 Å². The van der Waals surface area contributed by atoms with E-state index in [4.69, 9.17) is 0 Å². The maximum absolute atomic E-state index is 10.6. The summed E-state index contributed by atoms with van der Waals surface area (Å²) in [6, 6.07) is 0. The van der Waals surface area contributed by atoms with Gasteiger partial charge >= 0.3 is 0 Å². The lowest BCUT2D eigenvalue weighted by Gasteiger charge is -2.26. The number of carbonyl (C=O) groups excluding carboxylic acids is 1. The fourth-order valence-electron chi connectivity index (χ4n) is 1.15. The molecule has 0 aromatic heterocycles. The molecule has 1 heterocycles. The third-order valence-electron chi connectivity index (χ3n) is 1.60. The van der Waals surface area contributed by atoms with Gasteiger partial charge in [-0.25, -0.2) is 5.01 Å². The predicted molar refractivity (Wildman–Crippen MR) is 39.5 cm³/mol. The van der Waals surface area contributed by atoms with Crippen molar-refractivity contribution >= 4 is 5.78 Å². The molecule has 0 amide bonds. The van der Waals surface area contributed by atoms with E-state index in [0.717, 1.165) is 13.1 Å². The molecular formula is C7H14N2O. The molecular weight excluding hydrogens is 128 g/mol. The zero-order valence-electron chi connectivity index (χ0n) is 6.39. The Morgan fingerprint density at radius 3 is 2.90 bits per heavy atom. The molecule has 1 rings (SSSR count). The highest BCUT2D eigenvalue weighted by molar-refractivity contribution is 5.77. The number of nitrogens with one attached hydrogen (secondary N) is 1. The van der Waals surface area contributed by atoms with Gasteiger partial charge in [-0.1, -0.05) is 0 Å². The third kappa shape index (κ3) is 2.45. The second-order valence-electron chi connectivity index (χ2n) is 2.74. The SMILES string of the molecule is CC(=O)CN1CCCCN1. The first-order chi connectivity index (χ1) is 4.79. The number of Topliss-reactive ketones (excluding diaryl/α,β-unsaturated/α-hetero) is 1. The largest absolute Gasteiger partial charge is 0.299 e. The highest BCUT2D eigenvalue weighted by Crippen LogP contribution is 1.97. The first-order valence-electron chi connectivity index (χ1n) is 3.77. The summed E-state index contributed by atoms with van der Waals surface area (Å²) in [5, 5.41) is 1.99. The number of carbonyl (C=O) groups is 1. The molecule has 0 unspecified atom stereocenters. The van der Waals surface area contributed by atoms with Crippen LogP contribution in [0.4, 0.5) is 0 Å². The molecule has 10 heavy (non-hydrogen) atoms. The second kappa shape index (κ2) is 3.68. The molecule has 0 atom stereocenters. The summed E-state index contributed by atoms with van der Waals surface area (Å²) in [7, 11) is 0. The van der Waals surface area contributed by atoms with E-state index in [1.807, 2.05) is 5.01 Å². The van der Waals surface area contributed by atoms with Gasteiger partial charge in [0.05, 0.1) is 6.54 Å². The Bertz CT molecular complexity index is 119. The van der Waals surface area contributed by atoms with Crippen LogP contribution in [0.25, 0.3) is 0 Å². The topological polar surface area (TPSA) is 32.3 Å². The molecule has 0 bridgehead atoms. The van der Waals surface area contributed by atoms with E-state index < -0.39 is 0 Å². The van der Waals surface area contributed by atoms with Gasteiger partial charge in [-0.2, -0.15) is 0 Å². The van der Waals surface area contributed by atoms with Gasteiger partial charge in [0.2, 0.25) is 0 Å². The smallest absolute Gasteiger partial charge is 0.145 e. The molecule has 1 fully saturated rings. The summed E-state index contributed by atoms with van der Waals surface area (Å²) in [4.78, 5) is 10.6. The number of hydrogen-bond acceptors (Lipinski definition) is 3. The van der Waals surface area contributed by atoms with Crippen molar-refractivity contribution in [3.8, 4) is 0 Å². The van der Waals surface area contributed by atoms with Crippen LogP contribution in [0, 0.1) is 0 Å². The van der Waals surface area contributed by atoms with Crippen molar-refractivity contribution in [3.63, 3.8) is 0 Å². The molecule has 1 N–H and O–H groups in total. The minimum Gasteiger partial charge on any atom is -0.299 e. The van der Waals surface area contributed by atoms with E-state index in [2.05, 4.69) is 5.43 Å². The molecule has 3 heteroatoms. The standard InChI is InChI=1S/C7H14N2O/c1-7(10)6-9-5-3-2-4-8-9/h8H,2-6H2,1H3. The number of rotatable bonds is 2. The van der Waals surface area contributed by atoms with Gasteiger partial charge in [-0.3, -0.25) is 10.2 Å². The quantitative estimate of drug-likeness (QED) is 0.596. The number of ketones is 1. The average Bonchev–Trinajstić information content (AvgIpc) is 1.88. The first kappa shape index (κ1) is 7.69. The second-order valence-corrected chi connectivity index (χ2v) is 2.74. The normalized spacial score (nSPS) is 20.9. The molecule has 0 spiro atoms. The molecule has 1 saturated heterocycles. The van der Waals surface area contributed by atoms with Crippen LogP contribution in [0.2, 0.25) is 0 Å². The van der Waals surface area contributed by atoms with Crippen molar-refractivity contribution in [2.24, 2.45) is 0 Å². The van der Waals surface area contributed by atoms with Gasteiger partial charge in [0.1, 0.15) is 5.78 Å². The third-order valence-corrected chi connectivity index (χ3v) is 1.60. The number of hydrazine groups is 1. The Labute approximate surface area is 61.4 Å². The van der Waals surface area contributed by atoms with E-state index in [1.165, 1.54) is 12.8 Å². The van der Waals surface area contributed by atoms with Crippen molar-refractivity contribution in [2.75, 3.05) is 19.6 Å². The summed E-state index contributed by atoms with van der Waals surface area (Å²) in [6.07, 6.45) is 2.44. The van der Waals surface area contributed by atoms with Gasteiger partial charge in [0.15, 0.2) is 0 Å². The predicted octanol–water partition coefficient (Wildman–Crippen LogP) is 0.176. The zero-order valence-corrected chi connectivity index (χ0v) is 6.39. The number of hydrogen-bond donors (Lipinski definition) is 1. The Morgan fingerprint density at radius 1 is 1.60 bits per heavy atom. The molecule has 0 aliphatic carbocycles. The van der Waals surface area contributed by atoms with Crippen LogP contribution < -0.4 is 5.43 Å². The van der Waals surface area contributed by atoms with Crippen LogP contribution in [0.5, 0.6) is 0 Å². The Hall–Kier alpha value is -0.410. The van der Waals surface area contributed by atoms with Crippen LogP contribution in [0.1, 0.15) is 19.8 Å². The highest BCUT2D eigenvalue weighted by atomic mass is 16.1. The minimum atomic E-state index is 0.231. The lowest BCUT2D eigenvalue weighted by Crippen LogP contribution is -2.45. The van der Waals surface area contributed by atoms with Crippen molar-refractivity contribution < 1.29 is 4.79 Å². The molecule has 0 aromatic carbocycles. The van der Waals surface area contributed by atoms with Crippen LogP contribution in [0.3, 0.4) is 0 Å². The van der Waals surface area contributed by atoms with E-state index in [0.29, 0.717) is 6.54 Å². The minimum absolute atomic E-state index is 0.231. The van der Waals surface area contributed by atoms with E-state index in [1.54, 1.807) is 6.92 Å². The van der Waals surface area contributed by atoms with Gasteiger partial charge in [0, 0.05) is 13.1 Å². The van der Waals surface area contributed by atoms with Gasteiger partial charge < -0.3 is 0 Å². The summed E-state index contributed by atoms with van der Waals surface area (Å²) in [5.74, 6) is 0.231. The first-order valence-corrected chi connectivity index (χ1v) is 3.77. The lowest BCUT2D eigenvalue weighted by atomic mass is 10.2. The highest BCUT2D eigenvalue weighted by Gasteiger charge is 2.09. The van der Waals surface area contributed by atoms with Gasteiger partial charge in [-0.05, 0) is 19.8 Å². The molecule has 1 aliphatic rings. The maximum Gasteiger partial charge on any atom is 0.145 e. The van der Waals surface area contributed by atoms with Crippen molar-refractivity contribution in [1.29, 1.82) is 0 Å². The number of nitrogens with zero attached hydrogens (tertiary/aromatic N) is 1. The Morgan fingerprint density at radius 2 is 2.40 bits per heavy atom. The van der Waals surface area contributed by atoms with Gasteiger partial charge in [0.25, 0.3) is 0 Å². The molecule has 1 aliphatic heterocycles. The Kier molecular flexibility index (Phi) is 2.83. The fraction of sp³-hybridized carbons (Fsp3) is 0.857. The van der Waals surface area contributed by atoms with Crippen LogP contribution in [-0.2, 0) is 4.79 Å². The molecule has 0 radical (unpaired) electrons. The lowest BCUT2D eigenvalue weighted by molar-refractivity contribution is -0.119. The van der Waals surface area contributed by atoms with Crippen LogP contribution >= 0.6 is 0 Å². The van der Waals surface area contributed by atoms with E-state index in [-0.39, 0.29) is 5.78 Å². The molecule has 0 saturated carbocycles. The van der Waals surface area contributed by atoms with Crippen LogP contribution in [0.15, 0.2) is 0 Å².